The van der Waals surface area contributed by atoms with E-state index in [1.165, 1.54) is 45.6 Å². The van der Waals surface area contributed by atoms with Gasteiger partial charge in [0.25, 0.3) is 0 Å². The summed E-state index contributed by atoms with van der Waals surface area (Å²) < 4.78 is 0. The van der Waals surface area contributed by atoms with Gasteiger partial charge >= 0.3 is 0 Å². The number of piperazine rings is 1. The molecule has 1 aliphatic carbocycles. The van der Waals surface area contributed by atoms with E-state index in [1.807, 2.05) is 0 Å². The number of hydrogen-bond acceptors (Lipinski definition) is 3. The van der Waals surface area contributed by atoms with Crippen LogP contribution in [0.3, 0.4) is 0 Å². The smallest absolute Gasteiger partial charge is 0.0195 e. The van der Waals surface area contributed by atoms with Crippen LogP contribution >= 0.6 is 0 Å². The number of hydrogen-bond donors (Lipinski definition) is 1. The molecule has 18 heavy (non-hydrogen) atoms. The highest BCUT2D eigenvalue weighted by molar-refractivity contribution is 4.93. The maximum Gasteiger partial charge on any atom is 0.0195 e. The zero-order valence-electron chi connectivity index (χ0n) is 12.7. The molecule has 1 saturated heterocycles. The van der Waals surface area contributed by atoms with E-state index in [-0.39, 0.29) is 0 Å². The lowest BCUT2D eigenvalue weighted by molar-refractivity contribution is -0.000384. The van der Waals surface area contributed by atoms with Gasteiger partial charge < -0.3 is 5.32 Å². The standard InChI is InChI=1S/C15H31N3/c1-5-17-8-9-18(11-13(17)4)15-7-6-14(15)10-16-12(2)3/h12-16H,5-11H2,1-4H3. The molecule has 1 aliphatic heterocycles. The van der Waals surface area contributed by atoms with Gasteiger partial charge in [-0.1, -0.05) is 20.8 Å². The number of likely N-dealkylation sites (N-methyl/N-ethyl adjacent to an activating group) is 1. The highest BCUT2D eigenvalue weighted by Crippen LogP contribution is 2.33. The molecule has 2 fully saturated rings. The maximum absolute atomic E-state index is 3.61. The van der Waals surface area contributed by atoms with E-state index in [2.05, 4.69) is 42.8 Å². The van der Waals surface area contributed by atoms with Crippen LogP contribution in [0.5, 0.6) is 0 Å². The van der Waals surface area contributed by atoms with E-state index in [1.54, 1.807) is 0 Å². The third-order valence-corrected chi connectivity index (χ3v) is 4.84. The van der Waals surface area contributed by atoms with Crippen LogP contribution in [-0.4, -0.2) is 60.6 Å². The summed E-state index contributed by atoms with van der Waals surface area (Å²) in [6.07, 6.45) is 2.84. The predicted octanol–water partition coefficient (Wildman–Crippen LogP) is 1.79. The number of nitrogens with zero attached hydrogens (tertiary/aromatic N) is 2. The Kier molecular flexibility index (Phi) is 5.05. The summed E-state index contributed by atoms with van der Waals surface area (Å²) >= 11 is 0. The van der Waals surface area contributed by atoms with Crippen molar-refractivity contribution in [1.82, 2.24) is 15.1 Å². The molecule has 0 aromatic carbocycles. The fourth-order valence-corrected chi connectivity index (χ4v) is 3.45. The summed E-state index contributed by atoms with van der Waals surface area (Å²) in [7, 11) is 0. The van der Waals surface area contributed by atoms with E-state index < -0.39 is 0 Å². The van der Waals surface area contributed by atoms with Crippen molar-refractivity contribution in [2.24, 2.45) is 5.92 Å². The van der Waals surface area contributed by atoms with E-state index >= 15 is 0 Å². The van der Waals surface area contributed by atoms with Crippen LogP contribution in [0.15, 0.2) is 0 Å². The van der Waals surface area contributed by atoms with Crippen LogP contribution in [0.4, 0.5) is 0 Å². The Bertz CT molecular complexity index is 254. The van der Waals surface area contributed by atoms with Crippen molar-refractivity contribution in [1.29, 1.82) is 0 Å². The van der Waals surface area contributed by atoms with Crippen molar-refractivity contribution < 1.29 is 0 Å². The minimum Gasteiger partial charge on any atom is -0.314 e. The Morgan fingerprint density at radius 3 is 2.50 bits per heavy atom. The molecule has 3 unspecified atom stereocenters. The molecule has 3 atom stereocenters. The van der Waals surface area contributed by atoms with Crippen LogP contribution in [0, 0.1) is 5.92 Å². The zero-order valence-corrected chi connectivity index (χ0v) is 12.7. The van der Waals surface area contributed by atoms with Gasteiger partial charge in [-0.15, -0.1) is 0 Å². The Balaban J connectivity index is 1.78. The number of nitrogens with one attached hydrogen (secondary N) is 1. The minimum atomic E-state index is 0.627. The maximum atomic E-state index is 3.61. The first kappa shape index (κ1) is 14.3. The fraction of sp³-hybridized carbons (Fsp3) is 1.00. The van der Waals surface area contributed by atoms with Crippen molar-refractivity contribution in [3.8, 4) is 0 Å². The highest BCUT2D eigenvalue weighted by atomic mass is 15.3. The third-order valence-electron chi connectivity index (χ3n) is 4.84. The van der Waals surface area contributed by atoms with Gasteiger partial charge in [0.05, 0.1) is 0 Å². The zero-order chi connectivity index (χ0) is 13.1. The summed E-state index contributed by atoms with van der Waals surface area (Å²) in [6, 6.07) is 2.22. The second-order valence-corrected chi connectivity index (χ2v) is 6.44. The SMILES string of the molecule is CCN1CCN(C2CCC2CNC(C)C)CC1C. The molecule has 0 bridgehead atoms. The summed E-state index contributed by atoms with van der Waals surface area (Å²) in [5.74, 6) is 0.896. The van der Waals surface area contributed by atoms with Gasteiger partial charge in [0.2, 0.25) is 0 Å². The van der Waals surface area contributed by atoms with Gasteiger partial charge in [0.1, 0.15) is 0 Å². The van der Waals surface area contributed by atoms with Crippen molar-refractivity contribution in [3.05, 3.63) is 0 Å². The van der Waals surface area contributed by atoms with E-state index in [9.17, 15) is 0 Å². The van der Waals surface area contributed by atoms with Crippen LogP contribution in [0.25, 0.3) is 0 Å². The highest BCUT2D eigenvalue weighted by Gasteiger charge is 2.37. The lowest BCUT2D eigenvalue weighted by Crippen LogP contribution is -2.59. The molecule has 2 aliphatic rings. The molecule has 0 amide bonds. The quantitative estimate of drug-likeness (QED) is 0.806. The molecule has 1 heterocycles. The van der Waals surface area contributed by atoms with Crippen molar-refractivity contribution in [2.75, 3.05) is 32.7 Å². The molecule has 106 valence electrons. The molecular weight excluding hydrogens is 222 g/mol. The summed E-state index contributed by atoms with van der Waals surface area (Å²) in [5.41, 5.74) is 0. The molecular formula is C15H31N3. The molecule has 0 aromatic rings. The first-order valence-corrected chi connectivity index (χ1v) is 7.83. The average Bonchev–Trinajstić information content (AvgIpc) is 2.27. The molecule has 3 heteroatoms. The topological polar surface area (TPSA) is 18.5 Å². The van der Waals surface area contributed by atoms with Crippen molar-refractivity contribution in [2.45, 2.75) is 58.7 Å². The molecule has 0 radical (unpaired) electrons. The lowest BCUT2D eigenvalue weighted by Gasteiger charge is -2.50. The summed E-state index contributed by atoms with van der Waals surface area (Å²) in [6.45, 7) is 15.4. The fourth-order valence-electron chi connectivity index (χ4n) is 3.45. The van der Waals surface area contributed by atoms with Crippen molar-refractivity contribution in [3.63, 3.8) is 0 Å². The molecule has 1 N–H and O–H groups in total. The largest absolute Gasteiger partial charge is 0.314 e. The van der Waals surface area contributed by atoms with Crippen molar-refractivity contribution >= 4 is 0 Å². The Morgan fingerprint density at radius 2 is 2.00 bits per heavy atom. The van der Waals surface area contributed by atoms with Crippen LogP contribution in [-0.2, 0) is 0 Å². The van der Waals surface area contributed by atoms with Gasteiger partial charge in [-0.3, -0.25) is 9.80 Å². The van der Waals surface area contributed by atoms with Crippen LogP contribution < -0.4 is 5.32 Å². The first-order chi connectivity index (χ1) is 8.61. The van der Waals surface area contributed by atoms with E-state index in [0.717, 1.165) is 18.0 Å². The van der Waals surface area contributed by atoms with Gasteiger partial charge in [-0.05, 0) is 38.8 Å². The van der Waals surface area contributed by atoms with Gasteiger partial charge in [-0.25, -0.2) is 0 Å². The second kappa shape index (κ2) is 6.36. The monoisotopic (exact) mass is 253 g/mol. The average molecular weight is 253 g/mol. The first-order valence-electron chi connectivity index (χ1n) is 7.83. The number of rotatable bonds is 5. The van der Waals surface area contributed by atoms with E-state index in [0.29, 0.717) is 6.04 Å². The van der Waals surface area contributed by atoms with Gasteiger partial charge in [-0.2, -0.15) is 0 Å². The van der Waals surface area contributed by atoms with Gasteiger partial charge in [0.15, 0.2) is 0 Å². The second-order valence-electron chi connectivity index (χ2n) is 6.44. The predicted molar refractivity (Wildman–Crippen MR) is 77.9 cm³/mol. The summed E-state index contributed by atoms with van der Waals surface area (Å²) in [4.78, 5) is 5.36. The molecule has 3 nitrogen and oxygen atoms in total. The Morgan fingerprint density at radius 1 is 1.22 bits per heavy atom. The van der Waals surface area contributed by atoms with Gasteiger partial charge in [0, 0.05) is 37.8 Å². The minimum absolute atomic E-state index is 0.627. The van der Waals surface area contributed by atoms with Crippen LogP contribution in [0.2, 0.25) is 0 Å². The Hall–Kier alpha value is -0.120. The summed E-state index contributed by atoms with van der Waals surface area (Å²) in [5, 5.41) is 3.61. The Labute approximate surface area is 113 Å². The lowest BCUT2D eigenvalue weighted by atomic mass is 9.77. The third kappa shape index (κ3) is 3.25. The van der Waals surface area contributed by atoms with E-state index in [4.69, 9.17) is 0 Å². The molecule has 1 saturated carbocycles. The molecule has 2 rings (SSSR count). The van der Waals surface area contributed by atoms with Crippen LogP contribution in [0.1, 0.15) is 40.5 Å². The molecule has 0 aromatic heterocycles. The molecule has 0 spiro atoms. The normalized spacial score (nSPS) is 34.8.